The van der Waals surface area contributed by atoms with Gasteiger partial charge in [-0.25, -0.2) is 0 Å². The van der Waals surface area contributed by atoms with E-state index in [2.05, 4.69) is 23.7 Å². The molecule has 0 fully saturated rings. The Morgan fingerprint density at radius 3 is 2.59 bits per heavy atom. The lowest BCUT2D eigenvalue weighted by molar-refractivity contribution is 0.113. The minimum absolute atomic E-state index is 0.0131. The summed E-state index contributed by atoms with van der Waals surface area (Å²) < 4.78 is 5.87. The summed E-state index contributed by atoms with van der Waals surface area (Å²) in [7, 11) is 4.09. The van der Waals surface area contributed by atoms with Crippen LogP contribution in [0.2, 0.25) is 0 Å². The first kappa shape index (κ1) is 14.3. The maximum absolute atomic E-state index is 5.87. The van der Waals surface area contributed by atoms with Gasteiger partial charge in [0.2, 0.25) is 0 Å². The zero-order chi connectivity index (χ0) is 13.1. The number of halogens is 1. The van der Waals surface area contributed by atoms with Crippen LogP contribution in [0.25, 0.3) is 0 Å². The van der Waals surface area contributed by atoms with Gasteiger partial charge in [0, 0.05) is 29.1 Å². The largest absolute Gasteiger partial charge is 0.491 e. The monoisotopic (exact) mass is 256 g/mol. The summed E-state index contributed by atoms with van der Waals surface area (Å²) in [6.07, 6.45) is 1.78. The van der Waals surface area contributed by atoms with Gasteiger partial charge in [0.25, 0.3) is 0 Å². The van der Waals surface area contributed by atoms with E-state index in [9.17, 15) is 0 Å². The van der Waals surface area contributed by atoms with Crippen molar-refractivity contribution in [2.45, 2.75) is 32.2 Å². The molecule has 1 rings (SSSR count). The van der Waals surface area contributed by atoms with Crippen LogP contribution in [-0.4, -0.2) is 36.1 Å². The summed E-state index contributed by atoms with van der Waals surface area (Å²) in [5, 5.41) is 0. The number of aryl methyl sites for hydroxylation is 1. The third-order valence-electron chi connectivity index (χ3n) is 3.02. The van der Waals surface area contributed by atoms with Crippen LogP contribution in [0.15, 0.2) is 12.3 Å². The van der Waals surface area contributed by atoms with Crippen molar-refractivity contribution in [2.75, 3.05) is 20.7 Å². The number of hydrogen-bond donors (Lipinski definition) is 0. The van der Waals surface area contributed by atoms with Gasteiger partial charge in [-0.1, -0.05) is 0 Å². The van der Waals surface area contributed by atoms with Crippen LogP contribution >= 0.6 is 11.6 Å². The van der Waals surface area contributed by atoms with E-state index in [0.717, 1.165) is 17.0 Å². The average Bonchev–Trinajstić information content (AvgIpc) is 2.26. The molecule has 4 heteroatoms. The van der Waals surface area contributed by atoms with Crippen molar-refractivity contribution in [3.05, 3.63) is 23.5 Å². The average molecular weight is 257 g/mol. The number of aromatic nitrogens is 1. The van der Waals surface area contributed by atoms with Gasteiger partial charge in [-0.05, 0) is 34.9 Å². The molecule has 0 N–H and O–H groups in total. The van der Waals surface area contributed by atoms with Crippen molar-refractivity contribution in [3.8, 4) is 5.75 Å². The van der Waals surface area contributed by atoms with E-state index in [1.165, 1.54) is 0 Å². The van der Waals surface area contributed by atoms with Gasteiger partial charge in [0.1, 0.15) is 12.4 Å². The van der Waals surface area contributed by atoms with Crippen LogP contribution in [0.1, 0.15) is 25.1 Å². The molecule has 0 saturated heterocycles. The van der Waals surface area contributed by atoms with Crippen LogP contribution in [0.5, 0.6) is 5.75 Å². The van der Waals surface area contributed by atoms with Crippen molar-refractivity contribution in [2.24, 2.45) is 0 Å². The lowest BCUT2D eigenvalue weighted by atomic mass is 10.1. The smallest absolute Gasteiger partial charge is 0.127 e. The number of rotatable bonds is 5. The molecule has 0 spiro atoms. The van der Waals surface area contributed by atoms with Crippen LogP contribution in [-0.2, 0) is 5.88 Å². The first-order valence-corrected chi connectivity index (χ1v) is 6.22. The molecule has 0 amide bonds. The molecule has 1 heterocycles. The van der Waals surface area contributed by atoms with Gasteiger partial charge >= 0.3 is 0 Å². The van der Waals surface area contributed by atoms with Gasteiger partial charge in [-0.3, -0.25) is 4.98 Å². The zero-order valence-corrected chi connectivity index (χ0v) is 12.0. The summed E-state index contributed by atoms with van der Waals surface area (Å²) in [5.74, 6) is 1.26. The Kier molecular flexibility index (Phi) is 4.78. The van der Waals surface area contributed by atoms with Crippen molar-refractivity contribution in [3.63, 3.8) is 0 Å². The first-order valence-electron chi connectivity index (χ1n) is 5.68. The van der Waals surface area contributed by atoms with Crippen LogP contribution in [0, 0.1) is 6.92 Å². The fourth-order valence-corrected chi connectivity index (χ4v) is 1.38. The van der Waals surface area contributed by atoms with E-state index >= 15 is 0 Å². The molecule has 1 aromatic rings. The van der Waals surface area contributed by atoms with Crippen molar-refractivity contribution < 1.29 is 4.74 Å². The maximum atomic E-state index is 5.87. The highest BCUT2D eigenvalue weighted by molar-refractivity contribution is 6.17. The van der Waals surface area contributed by atoms with E-state index in [1.54, 1.807) is 6.20 Å². The number of ether oxygens (including phenoxy) is 1. The van der Waals surface area contributed by atoms with Crippen molar-refractivity contribution >= 4 is 11.6 Å². The number of likely N-dealkylation sites (N-methyl/N-ethyl adjacent to an activating group) is 1. The van der Waals surface area contributed by atoms with Crippen LogP contribution < -0.4 is 4.74 Å². The predicted octanol–water partition coefficient (Wildman–Crippen LogP) is 2.85. The highest BCUT2D eigenvalue weighted by Gasteiger charge is 2.21. The summed E-state index contributed by atoms with van der Waals surface area (Å²) >= 11 is 5.87. The third-order valence-corrected chi connectivity index (χ3v) is 3.30. The summed E-state index contributed by atoms with van der Waals surface area (Å²) in [4.78, 5) is 6.36. The molecule has 17 heavy (non-hydrogen) atoms. The minimum Gasteiger partial charge on any atom is -0.491 e. The molecular weight excluding hydrogens is 236 g/mol. The summed E-state index contributed by atoms with van der Waals surface area (Å²) in [6.45, 7) is 6.85. The zero-order valence-electron chi connectivity index (χ0n) is 11.2. The first-order chi connectivity index (χ1) is 7.86. The van der Waals surface area contributed by atoms with E-state index in [0.29, 0.717) is 12.5 Å². The molecule has 0 aliphatic heterocycles. The molecule has 0 unspecified atom stereocenters. The lowest BCUT2D eigenvalue weighted by Crippen LogP contribution is -2.43. The molecule has 0 aliphatic carbocycles. The summed E-state index contributed by atoms with van der Waals surface area (Å²) in [6, 6.07) is 1.93. The highest BCUT2D eigenvalue weighted by Crippen LogP contribution is 2.22. The molecule has 1 aromatic heterocycles. The standard InChI is InChI=1S/C13H21ClN2O/c1-10-6-12(11(7-14)8-15-10)17-9-13(2,3)16(4)5/h6,8H,7,9H2,1-5H3. The molecule has 0 radical (unpaired) electrons. The fraction of sp³-hybridized carbons (Fsp3) is 0.615. The normalized spacial score (nSPS) is 11.9. The molecule has 0 aliphatic rings. The van der Waals surface area contributed by atoms with Crippen molar-refractivity contribution in [1.29, 1.82) is 0 Å². The Labute approximate surface area is 109 Å². The number of alkyl halides is 1. The molecule has 3 nitrogen and oxygen atoms in total. The molecule has 0 aromatic carbocycles. The Balaban J connectivity index is 2.78. The Hall–Kier alpha value is -0.800. The van der Waals surface area contributed by atoms with E-state index in [1.807, 2.05) is 27.1 Å². The minimum atomic E-state index is -0.0131. The Bertz CT molecular complexity index is 378. The Morgan fingerprint density at radius 2 is 2.06 bits per heavy atom. The number of hydrogen-bond acceptors (Lipinski definition) is 3. The van der Waals surface area contributed by atoms with Crippen LogP contribution in [0.3, 0.4) is 0 Å². The number of nitrogens with zero attached hydrogens (tertiary/aromatic N) is 2. The van der Waals surface area contributed by atoms with Gasteiger partial charge in [-0.2, -0.15) is 0 Å². The van der Waals surface area contributed by atoms with E-state index < -0.39 is 0 Å². The Morgan fingerprint density at radius 1 is 1.41 bits per heavy atom. The van der Waals surface area contributed by atoms with Crippen LogP contribution in [0.4, 0.5) is 0 Å². The molecule has 0 atom stereocenters. The highest BCUT2D eigenvalue weighted by atomic mass is 35.5. The molecule has 0 saturated carbocycles. The summed E-state index contributed by atoms with van der Waals surface area (Å²) in [5.41, 5.74) is 1.86. The van der Waals surface area contributed by atoms with Gasteiger partial charge in [0.05, 0.1) is 5.88 Å². The molecule has 96 valence electrons. The fourth-order valence-electron chi connectivity index (χ4n) is 1.18. The maximum Gasteiger partial charge on any atom is 0.127 e. The van der Waals surface area contributed by atoms with Gasteiger partial charge in [0.15, 0.2) is 0 Å². The molecular formula is C13H21ClN2O. The van der Waals surface area contributed by atoms with E-state index in [4.69, 9.17) is 16.3 Å². The predicted molar refractivity (Wildman–Crippen MR) is 71.8 cm³/mol. The lowest BCUT2D eigenvalue weighted by Gasteiger charge is -2.32. The number of pyridine rings is 1. The second-order valence-corrected chi connectivity index (χ2v) is 5.33. The van der Waals surface area contributed by atoms with Gasteiger partial charge in [-0.15, -0.1) is 11.6 Å². The topological polar surface area (TPSA) is 25.4 Å². The third kappa shape index (κ3) is 3.86. The SMILES string of the molecule is Cc1cc(OCC(C)(C)N(C)C)c(CCl)cn1. The second kappa shape index (κ2) is 5.69. The van der Waals surface area contributed by atoms with Crippen molar-refractivity contribution in [1.82, 2.24) is 9.88 Å². The quantitative estimate of drug-likeness (QED) is 0.758. The second-order valence-electron chi connectivity index (χ2n) is 5.06. The molecule has 0 bridgehead atoms. The van der Waals surface area contributed by atoms with E-state index in [-0.39, 0.29) is 5.54 Å². The van der Waals surface area contributed by atoms with Gasteiger partial charge < -0.3 is 9.64 Å².